The molecule has 0 amide bonds. The van der Waals surface area contributed by atoms with Gasteiger partial charge in [0.2, 0.25) is 0 Å². The van der Waals surface area contributed by atoms with Crippen molar-refractivity contribution in [3.05, 3.63) is 63.8 Å². The van der Waals surface area contributed by atoms with Gasteiger partial charge in [0.15, 0.2) is 0 Å². The summed E-state index contributed by atoms with van der Waals surface area (Å²) in [4.78, 5) is 9.24. The van der Waals surface area contributed by atoms with Crippen LogP contribution in [-0.4, -0.2) is 4.98 Å². The molecule has 1 aliphatic rings. The molecule has 3 aromatic heterocycles. The summed E-state index contributed by atoms with van der Waals surface area (Å²) in [5.74, 6) is 0. The van der Waals surface area contributed by atoms with E-state index in [0.717, 1.165) is 5.69 Å². The Hall–Kier alpha value is -1.68. The number of hydrogen-bond donors (Lipinski definition) is 0. The van der Waals surface area contributed by atoms with Crippen LogP contribution < -0.4 is 0 Å². The molecule has 0 N–H and O–H groups in total. The second-order valence-electron chi connectivity index (χ2n) is 6.74. The molecule has 26 heavy (non-hydrogen) atoms. The highest BCUT2D eigenvalue weighted by Gasteiger charge is 2.21. The van der Waals surface area contributed by atoms with Crippen LogP contribution in [0.3, 0.4) is 0 Å². The number of fused-ring (bicyclic) bond motifs is 3. The average Bonchev–Trinajstić information content (AvgIpc) is 3.29. The van der Waals surface area contributed by atoms with Crippen molar-refractivity contribution in [2.45, 2.75) is 32.6 Å². The quantitative estimate of drug-likeness (QED) is 0.345. The topological polar surface area (TPSA) is 12.9 Å². The molecule has 0 radical (unpaired) electrons. The third kappa shape index (κ3) is 2.88. The summed E-state index contributed by atoms with van der Waals surface area (Å²) in [7, 11) is 0. The van der Waals surface area contributed by atoms with Gasteiger partial charge in [-0.15, -0.1) is 35.1 Å². The zero-order chi connectivity index (χ0) is 16.8. The van der Waals surface area contributed by atoms with Gasteiger partial charge < -0.3 is 0 Å². The Morgan fingerprint density at radius 2 is 1.81 bits per heavy atom. The number of rotatable bonds is 2. The van der Waals surface area contributed by atoms with Gasteiger partial charge in [0.25, 0.3) is 0 Å². The molecule has 0 bridgehead atoms. The fraction of sp³-hybridized carbons (Fsp3) is 0.227. The van der Waals surface area contributed by atoms with Crippen LogP contribution in [0.4, 0.5) is 0 Å². The highest BCUT2D eigenvalue weighted by molar-refractivity contribution is 7.19. The van der Waals surface area contributed by atoms with Crippen LogP contribution in [0.2, 0.25) is 0 Å². The smallest absolute Gasteiger partial charge is 0.125 e. The Morgan fingerprint density at radius 1 is 0.962 bits per heavy atom. The van der Waals surface area contributed by atoms with Crippen molar-refractivity contribution >= 4 is 45.3 Å². The van der Waals surface area contributed by atoms with Crippen LogP contribution >= 0.6 is 35.1 Å². The van der Waals surface area contributed by atoms with Crippen molar-refractivity contribution < 1.29 is 0 Å². The molecule has 0 unspecified atom stereocenters. The molecular weight excluding hydrogens is 378 g/mol. The van der Waals surface area contributed by atoms with Crippen molar-refractivity contribution in [2.24, 2.45) is 0 Å². The number of hydrogen-bond acceptors (Lipinski definition) is 3. The van der Waals surface area contributed by atoms with Crippen molar-refractivity contribution in [3.8, 4) is 21.7 Å². The van der Waals surface area contributed by atoms with Crippen molar-refractivity contribution in [3.63, 3.8) is 0 Å². The predicted molar refractivity (Wildman–Crippen MR) is 117 cm³/mol. The first-order chi connectivity index (χ1) is 12.3. The molecule has 132 valence electrons. The van der Waals surface area contributed by atoms with E-state index < -0.39 is 0 Å². The normalized spacial score (nSPS) is 13.4. The molecule has 1 nitrogen and oxygen atoms in total. The molecule has 5 rings (SSSR count). The number of aromatic nitrogens is 1. The maximum Gasteiger partial charge on any atom is 0.125 e. The maximum atomic E-state index is 5.10. The zero-order valence-corrected chi connectivity index (χ0v) is 17.1. The number of halogens is 1. The molecule has 1 aliphatic carbocycles. The zero-order valence-electron chi connectivity index (χ0n) is 14.6. The first kappa shape index (κ1) is 17.7. The van der Waals surface area contributed by atoms with Gasteiger partial charge in [-0.05, 0) is 61.2 Å². The van der Waals surface area contributed by atoms with E-state index in [0.29, 0.717) is 0 Å². The SMILES string of the molecule is Cc1ccccc1-c1cc(-c2cccs2)c2c3c(sc2n1)CCCC3.Cl. The second-order valence-corrected chi connectivity index (χ2v) is 8.77. The largest absolute Gasteiger partial charge is 0.237 e. The molecule has 0 spiro atoms. The Kier molecular flexibility index (Phi) is 4.87. The maximum absolute atomic E-state index is 5.10. The third-order valence-corrected chi connectivity index (χ3v) is 7.22. The Labute approximate surface area is 168 Å². The van der Waals surface area contributed by atoms with Crippen LogP contribution in [0.5, 0.6) is 0 Å². The molecule has 0 fully saturated rings. The molecule has 0 atom stereocenters. The summed E-state index contributed by atoms with van der Waals surface area (Å²) in [6.07, 6.45) is 5.06. The van der Waals surface area contributed by atoms with Gasteiger partial charge in [0.1, 0.15) is 4.83 Å². The summed E-state index contributed by atoms with van der Waals surface area (Å²) < 4.78 is 0. The summed E-state index contributed by atoms with van der Waals surface area (Å²) in [5, 5.41) is 3.59. The predicted octanol–water partition coefficient (Wildman–Crippen LogP) is 7.30. The van der Waals surface area contributed by atoms with Crippen LogP contribution in [0.25, 0.3) is 31.9 Å². The van der Waals surface area contributed by atoms with E-state index >= 15 is 0 Å². The minimum Gasteiger partial charge on any atom is -0.237 e. The molecule has 4 aromatic rings. The Bertz CT molecular complexity index is 1060. The summed E-state index contributed by atoms with van der Waals surface area (Å²) in [6.45, 7) is 2.17. The number of nitrogens with zero attached hydrogens (tertiary/aromatic N) is 1. The van der Waals surface area contributed by atoms with E-state index in [1.807, 2.05) is 22.7 Å². The average molecular weight is 398 g/mol. The van der Waals surface area contributed by atoms with E-state index in [4.69, 9.17) is 4.98 Å². The lowest BCUT2D eigenvalue weighted by Crippen LogP contribution is -1.98. The van der Waals surface area contributed by atoms with Crippen molar-refractivity contribution in [1.82, 2.24) is 4.98 Å². The van der Waals surface area contributed by atoms with Crippen LogP contribution in [0.1, 0.15) is 28.8 Å². The van der Waals surface area contributed by atoms with Crippen molar-refractivity contribution in [1.29, 1.82) is 0 Å². The molecule has 1 aromatic carbocycles. The summed E-state index contributed by atoms with van der Waals surface area (Å²) >= 11 is 3.75. The van der Waals surface area contributed by atoms with Gasteiger partial charge in [-0.25, -0.2) is 4.98 Å². The van der Waals surface area contributed by atoms with E-state index in [-0.39, 0.29) is 12.4 Å². The third-order valence-electron chi connectivity index (χ3n) is 5.13. The lowest BCUT2D eigenvalue weighted by Gasteiger charge is -2.13. The van der Waals surface area contributed by atoms with E-state index in [1.54, 1.807) is 10.4 Å². The van der Waals surface area contributed by atoms with E-state index in [9.17, 15) is 0 Å². The molecule has 0 saturated carbocycles. The summed E-state index contributed by atoms with van der Waals surface area (Å²) in [5.41, 5.74) is 6.57. The molecule has 0 aliphatic heterocycles. The van der Waals surface area contributed by atoms with Gasteiger partial charge in [-0.2, -0.15) is 0 Å². The minimum absolute atomic E-state index is 0. The summed E-state index contributed by atoms with van der Waals surface area (Å²) in [6, 6.07) is 15.3. The highest BCUT2D eigenvalue weighted by Crippen LogP contribution is 2.43. The highest BCUT2D eigenvalue weighted by atomic mass is 35.5. The van der Waals surface area contributed by atoms with E-state index in [2.05, 4.69) is 54.8 Å². The second kappa shape index (κ2) is 7.15. The van der Waals surface area contributed by atoms with E-state index in [1.165, 1.54) is 57.5 Å². The lowest BCUT2D eigenvalue weighted by atomic mass is 9.93. The van der Waals surface area contributed by atoms with Gasteiger partial charge >= 0.3 is 0 Å². The van der Waals surface area contributed by atoms with Gasteiger partial charge in [0.05, 0.1) is 5.69 Å². The molecule has 0 saturated heterocycles. The standard InChI is InChI=1S/C22H19NS2.ClH/c1-14-7-2-3-8-15(14)18-13-17(19-11-6-12-24-19)21-16-9-4-5-10-20(16)25-22(21)23-18;/h2-3,6-8,11-13H,4-5,9-10H2,1H3;1H. The molecule has 4 heteroatoms. The number of pyridine rings is 1. The first-order valence-electron chi connectivity index (χ1n) is 8.86. The van der Waals surface area contributed by atoms with Crippen LogP contribution in [-0.2, 0) is 12.8 Å². The fourth-order valence-corrected chi connectivity index (χ4v) is 5.92. The van der Waals surface area contributed by atoms with Crippen LogP contribution in [0, 0.1) is 6.92 Å². The van der Waals surface area contributed by atoms with Crippen molar-refractivity contribution in [2.75, 3.05) is 0 Å². The molecular formula is C22H20ClNS2. The lowest BCUT2D eigenvalue weighted by molar-refractivity contribution is 0.700. The minimum atomic E-state index is 0. The molecule has 3 heterocycles. The van der Waals surface area contributed by atoms with Crippen LogP contribution in [0.15, 0.2) is 47.8 Å². The first-order valence-corrected chi connectivity index (χ1v) is 10.6. The Morgan fingerprint density at radius 3 is 2.62 bits per heavy atom. The monoisotopic (exact) mass is 397 g/mol. The van der Waals surface area contributed by atoms with Gasteiger partial charge in [-0.3, -0.25) is 0 Å². The van der Waals surface area contributed by atoms with Gasteiger partial charge in [0, 0.05) is 26.3 Å². The number of thiophene rings is 2. The number of aryl methyl sites for hydroxylation is 3. The Balaban J connectivity index is 0.00000168. The fourth-order valence-electron chi connectivity index (χ4n) is 3.88. The number of benzene rings is 1. The van der Waals surface area contributed by atoms with Gasteiger partial charge in [-0.1, -0.05) is 30.3 Å².